The maximum absolute atomic E-state index is 14.8. The Balaban J connectivity index is 1.50. The molecule has 1 spiro atoms. The maximum atomic E-state index is 14.8. The average Bonchev–Trinajstić information content (AvgIpc) is 3.21. The highest BCUT2D eigenvalue weighted by molar-refractivity contribution is 6.11. The van der Waals surface area contributed by atoms with Crippen LogP contribution in [0.2, 0.25) is 0 Å². The number of Topliss-reactive ketones (excluding diaryl/α,β-unsaturated/α-hetero) is 1. The van der Waals surface area contributed by atoms with Crippen molar-refractivity contribution in [2.24, 2.45) is 11.7 Å². The van der Waals surface area contributed by atoms with Crippen molar-refractivity contribution in [1.82, 2.24) is 4.90 Å². The molecule has 1 aliphatic carbocycles. The summed E-state index contributed by atoms with van der Waals surface area (Å²) in [4.78, 5) is 32.1. The molecule has 2 N–H and O–H groups in total. The molecule has 1 amide bonds. The van der Waals surface area contributed by atoms with E-state index in [1.807, 2.05) is 48.4 Å². The fourth-order valence-electron chi connectivity index (χ4n) is 6.66. The van der Waals surface area contributed by atoms with Crippen molar-refractivity contribution < 1.29 is 18.7 Å². The van der Waals surface area contributed by atoms with Crippen molar-refractivity contribution in [3.8, 4) is 11.8 Å². The Kier molecular flexibility index (Phi) is 6.47. The number of nitriles is 1. The Labute approximate surface area is 237 Å². The largest absolute Gasteiger partial charge is 0.497 e. The van der Waals surface area contributed by atoms with E-state index in [1.54, 1.807) is 42.3 Å². The predicted octanol–water partition coefficient (Wildman–Crippen LogP) is 4.50. The number of amides is 1. The van der Waals surface area contributed by atoms with Gasteiger partial charge in [0.2, 0.25) is 5.91 Å². The van der Waals surface area contributed by atoms with Gasteiger partial charge < -0.3 is 15.4 Å². The number of rotatable bonds is 5. The molecule has 2 heterocycles. The van der Waals surface area contributed by atoms with Crippen LogP contribution >= 0.6 is 0 Å². The summed E-state index contributed by atoms with van der Waals surface area (Å²) in [5.74, 6) is -0.856. The van der Waals surface area contributed by atoms with Gasteiger partial charge in [0.25, 0.3) is 0 Å². The Morgan fingerprint density at radius 1 is 1.15 bits per heavy atom. The maximum Gasteiger partial charge on any atom is 0.244 e. The number of nitrogens with zero attached hydrogens (tertiary/aromatic N) is 3. The van der Waals surface area contributed by atoms with Gasteiger partial charge >= 0.3 is 0 Å². The van der Waals surface area contributed by atoms with Crippen LogP contribution in [0.1, 0.15) is 27.9 Å². The molecule has 0 fully saturated rings. The highest BCUT2D eigenvalue weighted by atomic mass is 19.1. The molecule has 3 aromatic carbocycles. The van der Waals surface area contributed by atoms with Crippen molar-refractivity contribution in [3.05, 3.63) is 118 Å². The number of allylic oxidation sites excluding steroid dienone is 1. The van der Waals surface area contributed by atoms with E-state index >= 15 is 0 Å². The summed E-state index contributed by atoms with van der Waals surface area (Å²) < 4.78 is 20.1. The van der Waals surface area contributed by atoms with Gasteiger partial charge in [0.05, 0.1) is 25.3 Å². The lowest BCUT2D eigenvalue weighted by molar-refractivity contribution is -0.123. The van der Waals surface area contributed by atoms with Crippen molar-refractivity contribution in [2.45, 2.75) is 24.4 Å². The van der Waals surface area contributed by atoms with Crippen molar-refractivity contribution in [1.29, 1.82) is 5.26 Å². The van der Waals surface area contributed by atoms with Gasteiger partial charge in [-0.15, -0.1) is 0 Å². The van der Waals surface area contributed by atoms with Crippen LogP contribution < -0.4 is 15.4 Å². The molecule has 0 saturated heterocycles. The second-order valence-electron chi connectivity index (χ2n) is 10.8. The molecule has 3 atom stereocenters. The third-order valence-corrected chi connectivity index (χ3v) is 8.66. The predicted molar refractivity (Wildman–Crippen MR) is 152 cm³/mol. The second-order valence-corrected chi connectivity index (χ2v) is 10.8. The van der Waals surface area contributed by atoms with Crippen molar-refractivity contribution >= 4 is 17.4 Å². The molecular formula is C33H29FN4O3. The molecule has 6 rings (SSSR count). The van der Waals surface area contributed by atoms with Crippen molar-refractivity contribution in [2.75, 3.05) is 25.6 Å². The minimum atomic E-state index is -1.49. The summed E-state index contributed by atoms with van der Waals surface area (Å²) in [6.07, 6.45) is 2.04. The van der Waals surface area contributed by atoms with E-state index in [-0.39, 0.29) is 35.9 Å². The van der Waals surface area contributed by atoms with E-state index in [0.717, 1.165) is 5.56 Å². The van der Waals surface area contributed by atoms with Gasteiger partial charge in [-0.2, -0.15) is 5.26 Å². The summed E-state index contributed by atoms with van der Waals surface area (Å²) >= 11 is 0. The number of methoxy groups -OCH3 is 1. The third-order valence-electron chi connectivity index (χ3n) is 8.66. The first-order chi connectivity index (χ1) is 19.8. The van der Waals surface area contributed by atoms with Crippen LogP contribution in [0.4, 0.5) is 10.1 Å². The standard InChI is InChI=1S/C33H29FN4O3/c1-37-15-14-24-25(29(37)30(39)21-8-11-23(41-2)12-9-21)17-33(31(36)26(24)18-35)27-16-22(34)10-13-28(27)38(32(33)40)19-20-6-4-3-5-7-20/h3-14,16,25,29H,15,17,19,36H2,1-2H3. The van der Waals surface area contributed by atoms with Crippen LogP contribution in [-0.4, -0.2) is 43.3 Å². The van der Waals surface area contributed by atoms with Crippen LogP contribution in [0.15, 0.2) is 95.7 Å². The van der Waals surface area contributed by atoms with Gasteiger partial charge in [0, 0.05) is 35.0 Å². The minimum absolute atomic E-state index is 0.107. The zero-order valence-electron chi connectivity index (χ0n) is 22.8. The van der Waals surface area contributed by atoms with Crippen molar-refractivity contribution in [3.63, 3.8) is 0 Å². The number of carbonyl (C=O) groups excluding carboxylic acids is 2. The van der Waals surface area contributed by atoms with E-state index in [2.05, 4.69) is 6.07 Å². The van der Waals surface area contributed by atoms with Gasteiger partial charge in [-0.25, -0.2) is 4.39 Å². The molecule has 0 radical (unpaired) electrons. The summed E-state index contributed by atoms with van der Waals surface area (Å²) in [5, 5.41) is 10.4. The summed E-state index contributed by atoms with van der Waals surface area (Å²) in [6, 6.07) is 22.3. The molecule has 0 bridgehead atoms. The highest BCUT2D eigenvalue weighted by Crippen LogP contribution is 2.55. The molecule has 3 aliphatic rings. The SMILES string of the molecule is COc1ccc(C(=O)C2C3CC4(C(=O)N(Cc5ccccc5)c5ccc(F)cc54)C(N)=C(C#N)C3=CCN2C)cc1. The summed E-state index contributed by atoms with van der Waals surface area (Å²) in [7, 11) is 3.41. The molecule has 3 unspecified atom stereocenters. The number of carbonyl (C=O) groups is 2. The number of benzene rings is 3. The highest BCUT2D eigenvalue weighted by Gasteiger charge is 2.59. The minimum Gasteiger partial charge on any atom is -0.497 e. The normalized spacial score (nSPS) is 23.6. The smallest absolute Gasteiger partial charge is 0.244 e. The Morgan fingerprint density at radius 3 is 2.56 bits per heavy atom. The van der Waals surface area contributed by atoms with Crippen LogP contribution in [-0.2, 0) is 16.8 Å². The number of ether oxygens (including phenoxy) is 1. The lowest BCUT2D eigenvalue weighted by Crippen LogP contribution is -2.55. The van der Waals surface area contributed by atoms with E-state index < -0.39 is 23.2 Å². The van der Waals surface area contributed by atoms with E-state index in [4.69, 9.17) is 10.5 Å². The lowest BCUT2D eigenvalue weighted by Gasteiger charge is -2.46. The molecule has 0 saturated carbocycles. The Bertz CT molecular complexity index is 1660. The third kappa shape index (κ3) is 4.04. The fourth-order valence-corrected chi connectivity index (χ4v) is 6.66. The number of ketones is 1. The fraction of sp³-hybridized carbons (Fsp3) is 0.242. The first-order valence-corrected chi connectivity index (χ1v) is 13.5. The molecule has 206 valence electrons. The van der Waals surface area contributed by atoms with E-state index in [9.17, 15) is 19.2 Å². The Morgan fingerprint density at radius 2 is 1.88 bits per heavy atom. The van der Waals surface area contributed by atoms with Crippen LogP contribution in [0.3, 0.4) is 0 Å². The average molecular weight is 549 g/mol. The number of nitrogens with two attached hydrogens (primary N) is 1. The van der Waals surface area contributed by atoms with E-state index in [1.165, 1.54) is 12.1 Å². The van der Waals surface area contributed by atoms with Gasteiger partial charge in [-0.05, 0) is 67.1 Å². The van der Waals surface area contributed by atoms with E-state index in [0.29, 0.717) is 34.7 Å². The number of likely N-dealkylation sites (N-methyl/N-ethyl adjacent to an activating group) is 1. The topological polar surface area (TPSA) is 99.7 Å². The van der Waals surface area contributed by atoms with Gasteiger partial charge in [0.15, 0.2) is 5.78 Å². The van der Waals surface area contributed by atoms with Crippen LogP contribution in [0.25, 0.3) is 0 Å². The molecule has 7 nitrogen and oxygen atoms in total. The molecule has 0 aromatic heterocycles. The molecule has 8 heteroatoms. The van der Waals surface area contributed by atoms with Gasteiger partial charge in [-0.3, -0.25) is 14.5 Å². The zero-order chi connectivity index (χ0) is 28.9. The number of halogens is 1. The molecule has 41 heavy (non-hydrogen) atoms. The van der Waals surface area contributed by atoms with Crippen LogP contribution in [0, 0.1) is 23.1 Å². The van der Waals surface area contributed by atoms with Crippen LogP contribution in [0.5, 0.6) is 5.75 Å². The summed E-state index contributed by atoms with van der Waals surface area (Å²) in [6.45, 7) is 0.694. The number of fused-ring (bicyclic) bond motifs is 3. The molecule has 3 aromatic rings. The summed E-state index contributed by atoms with van der Waals surface area (Å²) in [5.41, 5.74) is 8.61. The lowest BCUT2D eigenvalue weighted by atomic mass is 9.61. The molecular weight excluding hydrogens is 519 g/mol. The zero-order valence-corrected chi connectivity index (χ0v) is 22.8. The number of hydrogen-bond acceptors (Lipinski definition) is 6. The monoisotopic (exact) mass is 548 g/mol. The first kappa shape index (κ1) is 26.5. The Hall–Kier alpha value is -4.74. The second kappa shape index (κ2) is 10.0. The molecule has 2 aliphatic heterocycles. The first-order valence-electron chi connectivity index (χ1n) is 13.5. The number of anilines is 1. The van der Waals surface area contributed by atoms with Gasteiger partial charge in [0.1, 0.15) is 23.1 Å². The van der Waals surface area contributed by atoms with Gasteiger partial charge in [-0.1, -0.05) is 36.4 Å². The quantitative estimate of drug-likeness (QED) is 0.472. The number of hydrogen-bond donors (Lipinski definition) is 1.